The first-order valence-corrected chi connectivity index (χ1v) is 8.96. The Hall–Kier alpha value is -2.56. The first-order valence-electron chi connectivity index (χ1n) is 8.96. The number of aliphatic hydroxyl groups is 1. The highest BCUT2D eigenvalue weighted by Gasteiger charge is 2.40. The molecule has 1 aliphatic carbocycles. The summed E-state index contributed by atoms with van der Waals surface area (Å²) in [6.07, 6.45) is -5.35. The zero-order chi connectivity index (χ0) is 22.1. The van der Waals surface area contributed by atoms with Crippen molar-refractivity contribution in [2.24, 2.45) is 0 Å². The van der Waals surface area contributed by atoms with Gasteiger partial charge in [-0.3, -0.25) is 15.0 Å². The number of nitrogens with zero attached hydrogens (tertiary/aromatic N) is 2. The minimum atomic E-state index is -5.03. The number of nitro groups is 1. The summed E-state index contributed by atoms with van der Waals surface area (Å²) in [5, 5.41) is 30.9. The third-order valence-electron chi connectivity index (χ3n) is 4.48. The van der Waals surface area contributed by atoms with E-state index in [4.69, 9.17) is 4.74 Å². The van der Waals surface area contributed by atoms with E-state index in [0.717, 1.165) is 11.0 Å². The van der Waals surface area contributed by atoms with Gasteiger partial charge >= 0.3 is 18.0 Å². The Kier molecular flexibility index (Phi) is 6.31. The summed E-state index contributed by atoms with van der Waals surface area (Å²) in [5.74, 6) is -1.49. The number of carbonyl (C=O) groups excluding carboxylic acids is 1. The number of nitro benzene ring substituents is 1. The van der Waals surface area contributed by atoms with E-state index < -0.39 is 58.5 Å². The highest BCUT2D eigenvalue weighted by atomic mass is 19.4. The van der Waals surface area contributed by atoms with Crippen LogP contribution in [0.4, 0.5) is 23.7 Å². The summed E-state index contributed by atoms with van der Waals surface area (Å²) in [5.41, 5.74) is -3.80. The molecule has 0 aliphatic heterocycles. The van der Waals surface area contributed by atoms with Crippen LogP contribution in [0.15, 0.2) is 12.1 Å². The minimum Gasteiger partial charge on any atom is -0.502 e. The number of hydrogen-bond donors (Lipinski definition) is 2. The van der Waals surface area contributed by atoms with E-state index in [2.05, 4.69) is 0 Å². The van der Waals surface area contributed by atoms with Gasteiger partial charge in [0.15, 0.2) is 0 Å². The number of amides is 1. The highest BCUT2D eigenvalue weighted by Crippen LogP contribution is 2.42. The number of halogens is 3. The molecule has 1 saturated carbocycles. The second-order valence-electron chi connectivity index (χ2n) is 7.94. The van der Waals surface area contributed by atoms with E-state index >= 15 is 0 Å². The van der Waals surface area contributed by atoms with Crippen LogP contribution in [0.5, 0.6) is 5.75 Å². The Balaban J connectivity index is 2.48. The molecular weight excluding hydrogens is 397 g/mol. The van der Waals surface area contributed by atoms with E-state index in [-0.39, 0.29) is 5.56 Å². The molecule has 0 heterocycles. The van der Waals surface area contributed by atoms with Crippen LogP contribution in [0.3, 0.4) is 0 Å². The van der Waals surface area contributed by atoms with Crippen molar-refractivity contribution in [1.82, 2.24) is 4.90 Å². The average Bonchev–Trinajstić information content (AvgIpc) is 2.96. The molecule has 2 atom stereocenters. The van der Waals surface area contributed by atoms with Crippen molar-refractivity contribution < 1.29 is 37.8 Å². The van der Waals surface area contributed by atoms with Gasteiger partial charge in [0.05, 0.1) is 17.1 Å². The Bertz CT molecular complexity index is 791. The number of hydrogen-bond acceptors (Lipinski definition) is 6. The summed E-state index contributed by atoms with van der Waals surface area (Å²) < 4.78 is 45.0. The van der Waals surface area contributed by atoms with Crippen molar-refractivity contribution in [1.29, 1.82) is 0 Å². The molecule has 0 radical (unpaired) electrons. The zero-order valence-corrected chi connectivity index (χ0v) is 16.2. The lowest BCUT2D eigenvalue weighted by Gasteiger charge is -2.33. The number of rotatable bonds is 4. The number of phenolic OH excluding ortho intramolecular Hbond substituents is 1. The van der Waals surface area contributed by atoms with Crippen LogP contribution in [0.2, 0.25) is 0 Å². The second-order valence-corrected chi connectivity index (χ2v) is 7.94. The summed E-state index contributed by atoms with van der Waals surface area (Å²) in [4.78, 5) is 23.7. The van der Waals surface area contributed by atoms with Crippen LogP contribution in [-0.2, 0) is 17.5 Å². The van der Waals surface area contributed by atoms with Crippen molar-refractivity contribution in [3.63, 3.8) is 0 Å². The maximum Gasteiger partial charge on any atom is 0.420 e. The first kappa shape index (κ1) is 22.7. The van der Waals surface area contributed by atoms with Crippen LogP contribution >= 0.6 is 0 Å². The molecule has 2 N–H and O–H groups in total. The van der Waals surface area contributed by atoms with Crippen LogP contribution < -0.4 is 0 Å². The second kappa shape index (κ2) is 8.05. The molecule has 1 aromatic rings. The monoisotopic (exact) mass is 420 g/mol. The predicted molar refractivity (Wildman–Crippen MR) is 95.2 cm³/mol. The van der Waals surface area contributed by atoms with E-state index in [1.165, 1.54) is 0 Å². The van der Waals surface area contributed by atoms with Gasteiger partial charge in [-0.1, -0.05) is 0 Å². The van der Waals surface area contributed by atoms with E-state index in [1.807, 2.05) is 0 Å². The van der Waals surface area contributed by atoms with Gasteiger partial charge in [-0.05, 0) is 51.7 Å². The van der Waals surface area contributed by atoms with Gasteiger partial charge in [-0.25, -0.2) is 4.79 Å². The van der Waals surface area contributed by atoms with Gasteiger partial charge in [0, 0.05) is 12.6 Å². The lowest BCUT2D eigenvalue weighted by Crippen LogP contribution is -2.46. The van der Waals surface area contributed by atoms with Crippen molar-refractivity contribution in [3.8, 4) is 5.75 Å². The van der Waals surface area contributed by atoms with Crippen molar-refractivity contribution in [2.45, 2.75) is 70.5 Å². The number of phenols is 1. The summed E-state index contributed by atoms with van der Waals surface area (Å²) >= 11 is 0. The lowest BCUT2D eigenvalue weighted by molar-refractivity contribution is -0.386. The molecule has 1 amide bonds. The molecule has 11 heteroatoms. The quantitative estimate of drug-likeness (QED) is 0.563. The van der Waals surface area contributed by atoms with Gasteiger partial charge in [0.1, 0.15) is 11.2 Å². The van der Waals surface area contributed by atoms with E-state index in [9.17, 15) is 38.3 Å². The molecule has 1 aromatic carbocycles. The van der Waals surface area contributed by atoms with Gasteiger partial charge in [0.2, 0.25) is 5.75 Å². The van der Waals surface area contributed by atoms with Crippen LogP contribution in [0, 0.1) is 10.1 Å². The van der Waals surface area contributed by atoms with Gasteiger partial charge in [0.25, 0.3) is 0 Å². The van der Waals surface area contributed by atoms with Crippen LogP contribution in [0.25, 0.3) is 0 Å². The molecule has 1 fully saturated rings. The molecule has 1 aliphatic rings. The van der Waals surface area contributed by atoms with Gasteiger partial charge in [-0.15, -0.1) is 0 Å². The Morgan fingerprint density at radius 3 is 2.38 bits per heavy atom. The number of aromatic hydroxyl groups is 1. The molecule has 0 spiro atoms. The number of ether oxygens (including phenoxy) is 1. The van der Waals surface area contributed by atoms with Crippen molar-refractivity contribution in [3.05, 3.63) is 33.4 Å². The lowest BCUT2D eigenvalue weighted by atomic mass is 10.1. The molecule has 0 unspecified atom stereocenters. The maximum absolute atomic E-state index is 13.2. The van der Waals surface area contributed by atoms with E-state index in [0.29, 0.717) is 25.3 Å². The summed E-state index contributed by atoms with van der Waals surface area (Å²) in [7, 11) is 0. The van der Waals surface area contributed by atoms with Gasteiger partial charge in [-0.2, -0.15) is 13.2 Å². The fourth-order valence-corrected chi connectivity index (χ4v) is 3.24. The Morgan fingerprint density at radius 2 is 1.93 bits per heavy atom. The maximum atomic E-state index is 13.2. The number of alkyl halides is 3. The average molecular weight is 420 g/mol. The predicted octanol–water partition coefficient (Wildman–Crippen LogP) is 3.97. The molecule has 0 aromatic heterocycles. The molecular formula is C18H23F3N2O6. The SMILES string of the molecule is CC(C)(C)OC(=O)N(Cc1cc([N+](=O)[O-])c(O)c(C(F)(F)F)c1)[C@@H]1CCC[C@@H]1O. The standard InChI is InChI=1S/C18H23F3N2O6/c1-17(2,3)29-16(26)22(12-5-4-6-14(12)24)9-10-7-11(18(19,20)21)15(25)13(8-10)23(27)28/h7-8,12,14,24-25H,4-6,9H2,1-3H3/t12-,14+/m1/s1. The number of carbonyl (C=O) groups is 1. The largest absolute Gasteiger partial charge is 0.502 e. The molecule has 0 bridgehead atoms. The fourth-order valence-electron chi connectivity index (χ4n) is 3.24. The van der Waals surface area contributed by atoms with E-state index in [1.54, 1.807) is 20.8 Å². The topological polar surface area (TPSA) is 113 Å². The third-order valence-corrected chi connectivity index (χ3v) is 4.48. The Morgan fingerprint density at radius 1 is 1.31 bits per heavy atom. The minimum absolute atomic E-state index is 0.216. The highest BCUT2D eigenvalue weighted by molar-refractivity contribution is 5.69. The van der Waals surface area contributed by atoms with Crippen LogP contribution in [0.1, 0.15) is 51.2 Å². The number of aliphatic hydroxyl groups excluding tert-OH is 1. The first-order chi connectivity index (χ1) is 13.2. The zero-order valence-electron chi connectivity index (χ0n) is 16.2. The van der Waals surface area contributed by atoms with Crippen molar-refractivity contribution >= 4 is 11.8 Å². The third kappa shape index (κ3) is 5.49. The smallest absolute Gasteiger partial charge is 0.420 e. The normalized spacial score (nSPS) is 19.8. The summed E-state index contributed by atoms with van der Waals surface area (Å²) in [6.45, 7) is 4.38. The van der Waals surface area contributed by atoms with Crippen molar-refractivity contribution in [2.75, 3.05) is 0 Å². The Labute approximate surface area is 165 Å². The molecule has 0 saturated heterocycles. The van der Waals surface area contributed by atoms with Crippen LogP contribution in [-0.4, -0.2) is 43.9 Å². The molecule has 8 nitrogen and oxygen atoms in total. The molecule has 29 heavy (non-hydrogen) atoms. The fraction of sp³-hybridized carbons (Fsp3) is 0.611. The summed E-state index contributed by atoms with van der Waals surface area (Å²) in [6, 6.07) is 0.636. The number of benzene rings is 1. The molecule has 162 valence electrons. The molecule has 2 rings (SSSR count). The van der Waals surface area contributed by atoms with Gasteiger partial charge < -0.3 is 14.9 Å².